The molecule has 4 heteroatoms. The van der Waals surface area contributed by atoms with Crippen molar-refractivity contribution in [2.45, 2.75) is 0 Å². The molecule has 0 amide bonds. The Morgan fingerprint density at radius 2 is 2.14 bits per heavy atom. The summed E-state index contributed by atoms with van der Waals surface area (Å²) in [5, 5.41) is 0. The maximum absolute atomic E-state index is 10.9. The molecule has 0 aliphatic rings. The van der Waals surface area contributed by atoms with Crippen molar-refractivity contribution in [2.24, 2.45) is 0 Å². The number of halogens is 2. The smallest absolute Gasteiger partial charge is 0.308 e. The zero-order chi connectivity index (χ0) is 5.70. The molecule has 0 fully saturated rings. The molecular weight excluding hydrogens is 106 g/mol. The van der Waals surface area contributed by atoms with Crippen LogP contribution in [0.1, 0.15) is 0 Å². The van der Waals surface area contributed by atoms with E-state index in [1.807, 2.05) is 0 Å². The van der Waals surface area contributed by atoms with Gasteiger partial charge in [-0.1, -0.05) is 0 Å². The van der Waals surface area contributed by atoms with Gasteiger partial charge < -0.3 is 4.89 Å². The summed E-state index contributed by atoms with van der Waals surface area (Å²) >= 11 is 0. The van der Waals surface area contributed by atoms with Gasteiger partial charge in [-0.25, -0.2) is 0 Å². The van der Waals surface area contributed by atoms with Crippen LogP contribution in [0.15, 0.2) is 12.3 Å². The van der Waals surface area contributed by atoms with E-state index in [9.17, 15) is 8.78 Å². The quantitative estimate of drug-likeness (QED) is 0.303. The standard InChI is InChI=1S/C3H4F2O2/c1-6-7-2-3(4)5/h2H,1H3. The van der Waals surface area contributed by atoms with Gasteiger partial charge in [-0.15, -0.1) is 0 Å². The SMILES string of the molecule is COOC=C(F)F. The number of hydrogen-bond acceptors (Lipinski definition) is 2. The molecule has 7 heavy (non-hydrogen) atoms. The molecule has 42 valence electrons. The predicted octanol–water partition coefficient (Wildman–Crippen LogP) is 1.30. The average Bonchev–Trinajstić information content (AvgIpc) is 1.61. The lowest BCUT2D eigenvalue weighted by molar-refractivity contribution is -0.225. The highest BCUT2D eigenvalue weighted by Gasteiger charge is 1.83. The van der Waals surface area contributed by atoms with E-state index in [4.69, 9.17) is 0 Å². The molecule has 0 unspecified atom stereocenters. The third kappa shape index (κ3) is 5.36. The van der Waals surface area contributed by atoms with Gasteiger partial charge in [0, 0.05) is 0 Å². The molecule has 0 bridgehead atoms. The normalized spacial score (nSPS) is 7.86. The fourth-order valence-corrected chi connectivity index (χ4v) is 0.0845. The Hall–Kier alpha value is -0.640. The molecule has 0 atom stereocenters. The summed E-state index contributed by atoms with van der Waals surface area (Å²) in [7, 11) is 1.14. The zero-order valence-corrected chi connectivity index (χ0v) is 3.65. The van der Waals surface area contributed by atoms with Crippen LogP contribution in [0.4, 0.5) is 8.78 Å². The topological polar surface area (TPSA) is 18.5 Å². The van der Waals surface area contributed by atoms with Crippen molar-refractivity contribution in [3.8, 4) is 0 Å². The van der Waals surface area contributed by atoms with E-state index in [0.717, 1.165) is 7.11 Å². The Labute approximate surface area is 39.3 Å². The van der Waals surface area contributed by atoms with Gasteiger partial charge in [0.25, 0.3) is 0 Å². The summed E-state index contributed by atoms with van der Waals surface area (Å²) < 4.78 is 21.8. The molecule has 0 N–H and O–H groups in total. The van der Waals surface area contributed by atoms with Crippen LogP contribution in [0.2, 0.25) is 0 Å². The minimum Gasteiger partial charge on any atom is -0.340 e. The van der Waals surface area contributed by atoms with Crippen molar-refractivity contribution in [1.29, 1.82) is 0 Å². The van der Waals surface area contributed by atoms with Gasteiger partial charge >= 0.3 is 6.08 Å². The second-order valence-corrected chi connectivity index (χ2v) is 0.670. The van der Waals surface area contributed by atoms with E-state index >= 15 is 0 Å². The van der Waals surface area contributed by atoms with Gasteiger partial charge in [0.05, 0.1) is 7.11 Å². The molecular formula is C3H4F2O2. The Morgan fingerprint density at radius 3 is 2.29 bits per heavy atom. The van der Waals surface area contributed by atoms with Crippen molar-refractivity contribution in [1.82, 2.24) is 0 Å². The summed E-state index contributed by atoms with van der Waals surface area (Å²) in [5.41, 5.74) is 0. The first-order valence-corrected chi connectivity index (χ1v) is 1.48. The Balaban J connectivity index is 3.08. The number of hydrogen-bond donors (Lipinski definition) is 0. The van der Waals surface area contributed by atoms with E-state index in [1.165, 1.54) is 0 Å². The lowest BCUT2D eigenvalue weighted by Gasteiger charge is -1.86. The highest BCUT2D eigenvalue weighted by Crippen LogP contribution is 1.95. The van der Waals surface area contributed by atoms with E-state index < -0.39 is 6.08 Å². The fourth-order valence-electron chi connectivity index (χ4n) is 0.0845. The van der Waals surface area contributed by atoms with Crippen LogP contribution >= 0.6 is 0 Å². The fraction of sp³-hybridized carbons (Fsp3) is 0.333. The molecule has 0 saturated carbocycles. The molecule has 0 aliphatic heterocycles. The second kappa shape index (κ2) is 3.55. The van der Waals surface area contributed by atoms with Gasteiger partial charge in [-0.2, -0.15) is 13.7 Å². The van der Waals surface area contributed by atoms with Crippen molar-refractivity contribution in [3.63, 3.8) is 0 Å². The van der Waals surface area contributed by atoms with E-state index in [0.29, 0.717) is 0 Å². The Morgan fingerprint density at radius 1 is 1.57 bits per heavy atom. The van der Waals surface area contributed by atoms with Gasteiger partial charge in [0.2, 0.25) is 0 Å². The minimum absolute atomic E-state index is 0.208. The van der Waals surface area contributed by atoms with E-state index in [1.54, 1.807) is 0 Å². The Bertz CT molecular complexity index is 67.3. The third-order valence-corrected chi connectivity index (χ3v) is 0.233. The van der Waals surface area contributed by atoms with Crippen LogP contribution in [0.5, 0.6) is 0 Å². The summed E-state index contributed by atoms with van der Waals surface area (Å²) in [5.74, 6) is 0. The van der Waals surface area contributed by atoms with Crippen molar-refractivity contribution < 1.29 is 18.6 Å². The Kier molecular flexibility index (Phi) is 3.22. The lowest BCUT2D eigenvalue weighted by Crippen LogP contribution is -1.75. The summed E-state index contributed by atoms with van der Waals surface area (Å²) in [6, 6.07) is 0. The van der Waals surface area contributed by atoms with E-state index in [-0.39, 0.29) is 6.26 Å². The molecule has 2 nitrogen and oxygen atoms in total. The van der Waals surface area contributed by atoms with Crippen molar-refractivity contribution >= 4 is 0 Å². The highest BCUT2D eigenvalue weighted by molar-refractivity contribution is 4.67. The van der Waals surface area contributed by atoms with Gasteiger partial charge in [0.15, 0.2) is 6.26 Å². The number of rotatable bonds is 2. The molecule has 0 spiro atoms. The summed E-state index contributed by atoms with van der Waals surface area (Å²) in [6.07, 6.45) is -1.71. The van der Waals surface area contributed by atoms with Crippen LogP contribution in [0.25, 0.3) is 0 Å². The largest absolute Gasteiger partial charge is 0.340 e. The molecule has 0 aromatic heterocycles. The van der Waals surface area contributed by atoms with Crippen molar-refractivity contribution in [3.05, 3.63) is 12.3 Å². The third-order valence-electron chi connectivity index (χ3n) is 0.233. The molecule has 0 saturated heterocycles. The average molecular weight is 110 g/mol. The molecule has 0 aliphatic carbocycles. The zero-order valence-electron chi connectivity index (χ0n) is 3.65. The predicted molar refractivity (Wildman–Crippen MR) is 18.4 cm³/mol. The van der Waals surface area contributed by atoms with Gasteiger partial charge in [0.1, 0.15) is 0 Å². The van der Waals surface area contributed by atoms with E-state index in [2.05, 4.69) is 9.78 Å². The van der Waals surface area contributed by atoms with Crippen LogP contribution in [0.3, 0.4) is 0 Å². The van der Waals surface area contributed by atoms with Crippen molar-refractivity contribution in [2.75, 3.05) is 7.11 Å². The first-order valence-electron chi connectivity index (χ1n) is 1.48. The molecule has 0 aromatic rings. The first kappa shape index (κ1) is 6.36. The van der Waals surface area contributed by atoms with Crippen LogP contribution in [-0.4, -0.2) is 7.11 Å². The molecule has 0 rings (SSSR count). The molecule has 0 aromatic carbocycles. The van der Waals surface area contributed by atoms with Crippen LogP contribution in [-0.2, 0) is 9.78 Å². The highest BCUT2D eigenvalue weighted by atomic mass is 19.3. The lowest BCUT2D eigenvalue weighted by atomic mass is 11.1. The van der Waals surface area contributed by atoms with Gasteiger partial charge in [-0.3, -0.25) is 0 Å². The molecule has 0 heterocycles. The summed E-state index contributed by atoms with van der Waals surface area (Å²) in [4.78, 5) is 7.48. The van der Waals surface area contributed by atoms with Crippen LogP contribution in [0, 0.1) is 0 Å². The van der Waals surface area contributed by atoms with Crippen LogP contribution < -0.4 is 0 Å². The van der Waals surface area contributed by atoms with Gasteiger partial charge in [-0.05, 0) is 0 Å². The maximum Gasteiger partial charge on any atom is 0.308 e. The first-order chi connectivity index (χ1) is 3.27. The minimum atomic E-state index is -1.91. The maximum atomic E-state index is 10.9. The second-order valence-electron chi connectivity index (χ2n) is 0.670. The monoisotopic (exact) mass is 110 g/mol. The molecule has 0 radical (unpaired) electrons. The summed E-state index contributed by atoms with van der Waals surface area (Å²) in [6.45, 7) is 0.